The van der Waals surface area contributed by atoms with Gasteiger partial charge in [0.05, 0.1) is 0 Å². The Bertz CT molecular complexity index is 1100. The number of nitrogens with two attached hydrogens (primary N) is 1. The molecule has 3 aliphatic heterocycles. The molecule has 0 aliphatic carbocycles. The molecule has 4 heterocycles. The molecule has 12 nitrogen and oxygen atoms in total. The Kier molecular flexibility index (Phi) is 5.88. The van der Waals surface area contributed by atoms with E-state index in [0.29, 0.717) is 11.3 Å². The van der Waals surface area contributed by atoms with E-state index in [1.807, 2.05) is 0 Å². The van der Waals surface area contributed by atoms with Crippen molar-refractivity contribution < 1.29 is 33.9 Å². The average Bonchev–Trinajstić information content (AvgIpc) is 3.37. The molecule has 0 radical (unpaired) electrons. The summed E-state index contributed by atoms with van der Waals surface area (Å²) in [4.78, 5) is 58.6. The van der Waals surface area contributed by atoms with Crippen LogP contribution in [0.4, 0.5) is 5.13 Å². The molecule has 0 spiro atoms. The number of aromatic nitrogens is 1. The molecule has 4 rings (SSSR count). The van der Waals surface area contributed by atoms with Gasteiger partial charge in [0.2, 0.25) is 0 Å². The first-order valence-corrected chi connectivity index (χ1v) is 11.1. The van der Waals surface area contributed by atoms with Crippen molar-refractivity contribution in [2.24, 2.45) is 5.16 Å². The lowest BCUT2D eigenvalue weighted by atomic mass is 9.99. The van der Waals surface area contributed by atoms with Crippen LogP contribution < -0.4 is 11.1 Å². The third-order valence-electron chi connectivity index (χ3n) is 4.86. The van der Waals surface area contributed by atoms with Gasteiger partial charge in [-0.25, -0.2) is 14.6 Å². The Balaban J connectivity index is 1.50. The third-order valence-corrected chi connectivity index (χ3v) is 6.87. The Hall–Kier alpha value is -3.39. The fraction of sp³-hybridized carbons (Fsp3) is 0.333. The highest BCUT2D eigenvalue weighted by atomic mass is 32.2. The molecule has 3 aliphatic rings. The smallest absolute Gasteiger partial charge is 0.352 e. The van der Waals surface area contributed by atoms with Gasteiger partial charge in [-0.1, -0.05) is 5.16 Å². The van der Waals surface area contributed by atoms with Crippen LogP contribution in [0.3, 0.4) is 0 Å². The number of rotatable bonds is 7. The number of anilines is 1. The van der Waals surface area contributed by atoms with Crippen molar-refractivity contribution in [2.45, 2.75) is 23.9 Å². The van der Waals surface area contributed by atoms with E-state index in [1.165, 1.54) is 30.3 Å². The maximum Gasteiger partial charge on any atom is 0.352 e. The number of β-lactam (4-membered cyclic amide) rings is 1. The zero-order valence-corrected chi connectivity index (χ0v) is 18.1. The minimum atomic E-state index is -1.27. The van der Waals surface area contributed by atoms with Crippen LogP contribution in [0.15, 0.2) is 34.0 Å². The minimum Gasteiger partial charge on any atom is -0.477 e. The van der Waals surface area contributed by atoms with E-state index < -0.39 is 41.3 Å². The van der Waals surface area contributed by atoms with E-state index in [9.17, 15) is 24.3 Å². The molecular weight excluding hydrogens is 462 g/mol. The maximum absolute atomic E-state index is 12.8. The summed E-state index contributed by atoms with van der Waals surface area (Å²) in [5.41, 5.74) is 5.96. The first-order chi connectivity index (χ1) is 15.3. The van der Waals surface area contributed by atoms with E-state index in [2.05, 4.69) is 15.5 Å². The predicted octanol–water partition coefficient (Wildman–Crippen LogP) is -0.314. The van der Waals surface area contributed by atoms with Crippen LogP contribution >= 0.6 is 23.1 Å². The lowest BCUT2D eigenvalue weighted by Crippen LogP contribution is -2.71. The molecule has 2 amide bonds. The molecule has 14 heteroatoms. The van der Waals surface area contributed by atoms with Crippen LogP contribution in [0.1, 0.15) is 12.1 Å². The number of nitrogens with one attached hydrogen (secondary N) is 1. The van der Waals surface area contributed by atoms with Crippen molar-refractivity contribution in [1.82, 2.24) is 15.2 Å². The number of carbonyl (C=O) groups is 4. The summed E-state index contributed by atoms with van der Waals surface area (Å²) in [7, 11) is 1.26. The molecule has 32 heavy (non-hydrogen) atoms. The number of fused-ring (bicyclic) bond motifs is 1. The van der Waals surface area contributed by atoms with E-state index in [0.717, 1.165) is 16.2 Å². The molecule has 1 fully saturated rings. The number of aliphatic carboxylic acids is 1. The third kappa shape index (κ3) is 3.93. The average molecular weight is 479 g/mol. The summed E-state index contributed by atoms with van der Waals surface area (Å²) in [6.45, 7) is 0. The van der Waals surface area contributed by atoms with Crippen LogP contribution in [0.25, 0.3) is 0 Å². The number of nitrogen functional groups attached to an aromatic ring is 1. The topological polar surface area (TPSA) is 174 Å². The fourth-order valence-electron chi connectivity index (χ4n) is 3.51. The van der Waals surface area contributed by atoms with Crippen molar-refractivity contribution in [3.05, 3.63) is 34.5 Å². The van der Waals surface area contributed by atoms with E-state index in [1.54, 1.807) is 6.08 Å². The van der Waals surface area contributed by atoms with Crippen LogP contribution in [0.2, 0.25) is 0 Å². The van der Waals surface area contributed by atoms with Gasteiger partial charge in [-0.15, -0.1) is 23.1 Å². The number of nitrogens with zero attached hydrogens (tertiary/aromatic N) is 3. The molecular formula is C18H17N5O7S2. The van der Waals surface area contributed by atoms with Crippen molar-refractivity contribution in [1.29, 1.82) is 0 Å². The van der Waals surface area contributed by atoms with Crippen molar-refractivity contribution in [3.8, 4) is 0 Å². The second-order valence-corrected chi connectivity index (χ2v) is 8.84. The number of carboxylic acid groups (broad SMARTS) is 1. The van der Waals surface area contributed by atoms with Crippen LogP contribution in [0.5, 0.6) is 0 Å². The quantitative estimate of drug-likeness (QED) is 0.204. The van der Waals surface area contributed by atoms with Gasteiger partial charge < -0.3 is 25.7 Å². The number of hydrogen-bond acceptors (Lipinski definition) is 11. The van der Waals surface area contributed by atoms with Gasteiger partial charge >= 0.3 is 11.9 Å². The minimum absolute atomic E-state index is 0.154. The highest BCUT2D eigenvalue weighted by Gasteiger charge is 2.54. The van der Waals surface area contributed by atoms with Gasteiger partial charge in [0.25, 0.3) is 11.8 Å². The normalized spacial score (nSPS) is 24.7. The highest BCUT2D eigenvalue weighted by molar-refractivity contribution is 8.00. The van der Waals surface area contributed by atoms with Crippen molar-refractivity contribution in [2.75, 3.05) is 18.6 Å². The molecule has 168 valence electrons. The summed E-state index contributed by atoms with van der Waals surface area (Å²) < 4.78 is 5.08. The molecule has 1 saturated heterocycles. The highest BCUT2D eigenvalue weighted by Crippen LogP contribution is 2.41. The number of amides is 2. The van der Waals surface area contributed by atoms with Crippen LogP contribution in [-0.2, 0) is 28.8 Å². The van der Waals surface area contributed by atoms with E-state index in [4.69, 9.17) is 15.3 Å². The first kappa shape index (κ1) is 21.8. The zero-order valence-electron chi connectivity index (χ0n) is 16.5. The first-order valence-electron chi connectivity index (χ1n) is 9.22. The summed E-state index contributed by atoms with van der Waals surface area (Å²) in [6, 6.07) is -0.953. The molecule has 1 aromatic rings. The maximum atomic E-state index is 12.8. The Morgan fingerprint density at radius 2 is 2.25 bits per heavy atom. The summed E-state index contributed by atoms with van der Waals surface area (Å²) in [5, 5.41) is 17.1. The predicted molar refractivity (Wildman–Crippen MR) is 113 cm³/mol. The van der Waals surface area contributed by atoms with Gasteiger partial charge in [0.15, 0.2) is 10.8 Å². The summed E-state index contributed by atoms with van der Waals surface area (Å²) in [5.74, 6) is -2.74. The molecule has 0 aromatic carbocycles. The van der Waals surface area contributed by atoms with Gasteiger partial charge in [-0.3, -0.25) is 14.5 Å². The zero-order chi connectivity index (χ0) is 23.0. The van der Waals surface area contributed by atoms with Gasteiger partial charge in [-0.05, 0) is 11.6 Å². The standard InChI is InChI=1S/C18H17N5O7S2/c1-29-22-11(9-6-32-18(19)20-9)14(25)21-12-15(26)23-13(17(27)28)7(5-31-16(12)23)4-8-2-3-10(24)30-8/h2-3,6,8,12,16H,4-5H2,1H3,(H2,19,20)(H,21,25)(H,27,28)/t8?,12-,16+/m1/s1. The molecule has 1 unspecified atom stereocenters. The number of cyclic esters (lactones) is 1. The van der Waals surface area contributed by atoms with Gasteiger partial charge in [0.1, 0.15) is 36.0 Å². The van der Waals surface area contributed by atoms with Gasteiger partial charge in [0, 0.05) is 23.6 Å². The lowest BCUT2D eigenvalue weighted by molar-refractivity contribution is -0.150. The molecule has 0 saturated carbocycles. The Morgan fingerprint density at radius 1 is 1.47 bits per heavy atom. The van der Waals surface area contributed by atoms with Crippen molar-refractivity contribution >= 4 is 57.7 Å². The number of carbonyl (C=O) groups excluding carboxylic acids is 3. The number of thiazole rings is 1. The summed E-state index contributed by atoms with van der Waals surface area (Å²) in [6.07, 6.45) is 2.42. The Morgan fingerprint density at radius 3 is 2.84 bits per heavy atom. The largest absolute Gasteiger partial charge is 0.477 e. The second kappa shape index (κ2) is 8.63. The molecule has 3 atom stereocenters. The number of hydrogen-bond donors (Lipinski definition) is 3. The summed E-state index contributed by atoms with van der Waals surface area (Å²) >= 11 is 2.42. The van der Waals surface area contributed by atoms with Crippen LogP contribution in [-0.4, -0.2) is 74.8 Å². The number of carboxylic acids is 1. The molecule has 0 bridgehead atoms. The van der Waals surface area contributed by atoms with Crippen molar-refractivity contribution in [3.63, 3.8) is 0 Å². The Labute approximate surface area is 189 Å². The van der Waals surface area contributed by atoms with E-state index in [-0.39, 0.29) is 28.7 Å². The number of ether oxygens (including phenoxy) is 1. The fourth-order valence-corrected chi connectivity index (χ4v) is 5.42. The number of esters is 1. The molecule has 1 aromatic heterocycles. The molecule has 4 N–H and O–H groups in total. The second-order valence-electron chi connectivity index (χ2n) is 6.85. The lowest BCUT2D eigenvalue weighted by Gasteiger charge is -2.49. The number of thioether (sulfide) groups is 1. The van der Waals surface area contributed by atoms with Crippen LogP contribution in [0, 0.1) is 0 Å². The van der Waals surface area contributed by atoms with E-state index >= 15 is 0 Å². The number of oxime groups is 1. The SMILES string of the molecule is CON=C(C(=O)N[C@@H]1C(=O)N2C(C(=O)O)=C(CC3C=CC(=O)O3)CS[C@@H]12)c1csc(N)n1. The monoisotopic (exact) mass is 479 g/mol. The van der Waals surface area contributed by atoms with Gasteiger partial charge in [-0.2, -0.15) is 0 Å².